The van der Waals surface area contributed by atoms with Crippen LogP contribution in [0.5, 0.6) is 0 Å². The van der Waals surface area contributed by atoms with Crippen LogP contribution in [0.15, 0.2) is 30.4 Å². The monoisotopic (exact) mass is 944 g/mol. The van der Waals surface area contributed by atoms with Gasteiger partial charge in [0, 0.05) is 30.9 Å². The lowest BCUT2D eigenvalue weighted by molar-refractivity contribution is -0.155. The van der Waals surface area contributed by atoms with Crippen molar-refractivity contribution in [1.29, 1.82) is 0 Å². The molecule has 6 amide bonds. The molecule has 6 rings (SSSR count). The first-order valence-electron chi connectivity index (χ1n) is 23.0. The second-order valence-corrected chi connectivity index (χ2v) is 22.0. The van der Waals surface area contributed by atoms with E-state index in [9.17, 15) is 46.4 Å². The van der Waals surface area contributed by atoms with Crippen LogP contribution in [0.3, 0.4) is 0 Å². The normalized spacial score (nSPS) is 25.5. The average Bonchev–Trinajstić information content (AvgIpc) is 4.10. The smallest absolute Gasteiger partial charge is 0.410 e. The van der Waals surface area contributed by atoms with Crippen LogP contribution in [0.1, 0.15) is 136 Å². The van der Waals surface area contributed by atoms with E-state index in [1.54, 1.807) is 59.8 Å². The van der Waals surface area contributed by atoms with E-state index in [1.165, 1.54) is 15.9 Å². The van der Waals surface area contributed by atoms with Crippen molar-refractivity contribution in [1.82, 2.24) is 30.5 Å². The molecule has 2 aliphatic carbocycles. The van der Waals surface area contributed by atoms with Gasteiger partial charge in [-0.25, -0.2) is 22.4 Å². The Hall–Kier alpha value is -5.27. The van der Waals surface area contributed by atoms with Crippen LogP contribution in [0, 0.1) is 11.7 Å². The number of allylic oxidation sites excluding steroid dienone is 1. The van der Waals surface area contributed by atoms with Crippen molar-refractivity contribution in [2.75, 3.05) is 6.54 Å². The van der Waals surface area contributed by atoms with Crippen LogP contribution in [0.25, 0.3) is 0 Å². The fraction of sp³-hybridized carbons (Fsp3) is 0.674. The van der Waals surface area contributed by atoms with Crippen LogP contribution in [0.4, 0.5) is 14.0 Å². The third-order valence-corrected chi connectivity index (χ3v) is 14.0. The minimum absolute atomic E-state index is 0.0586. The van der Waals surface area contributed by atoms with E-state index in [-0.39, 0.29) is 51.7 Å². The first-order valence-corrected chi connectivity index (χ1v) is 24.6. The molecule has 3 heterocycles. The van der Waals surface area contributed by atoms with E-state index in [0.717, 1.165) is 19.3 Å². The Labute approximate surface area is 385 Å². The second-order valence-electron chi connectivity index (χ2n) is 20.1. The third kappa shape index (κ3) is 13.2. The van der Waals surface area contributed by atoms with Gasteiger partial charge < -0.3 is 35.1 Å². The minimum Gasteiger partial charge on any atom is -0.460 e. The van der Waals surface area contributed by atoms with Crippen molar-refractivity contribution in [3.63, 3.8) is 0 Å². The standard InChI is InChI=1S/C46H65FN6O12S/c1-44(2,3)64-37(54)22-21-34(49-42(59)65-45(4,5)6)38(55)48-35-18-13-11-9-7-8-10-12-16-29-24-46(29,41(58)51-66(61,62)31-19-20-31)50-39(56)36-23-30(26-53(36)40(35)57)63-43(60)52-25-28-15-14-17-33(47)32(28)27-52/h12,14-17,29-31,34-36H,7-11,13,18-27H2,1-6H3,(H,48,55)(H,49,59)(H,50,56)(H,51,58)/t29-,30-,34-,35+,36+,46-/m1/s1. The van der Waals surface area contributed by atoms with Gasteiger partial charge >= 0.3 is 18.2 Å². The maximum atomic E-state index is 14.9. The molecule has 1 saturated heterocycles. The highest BCUT2D eigenvalue weighted by Crippen LogP contribution is 2.46. The molecule has 6 atom stereocenters. The van der Waals surface area contributed by atoms with E-state index in [2.05, 4.69) is 20.7 Å². The molecule has 2 saturated carbocycles. The van der Waals surface area contributed by atoms with E-state index in [1.807, 2.05) is 6.08 Å². The molecule has 20 heteroatoms. The zero-order chi connectivity index (χ0) is 48.2. The highest BCUT2D eigenvalue weighted by molar-refractivity contribution is 7.91. The highest BCUT2D eigenvalue weighted by atomic mass is 32.2. The van der Waals surface area contributed by atoms with Gasteiger partial charge in [0.15, 0.2) is 0 Å². The molecular weight excluding hydrogens is 880 g/mol. The van der Waals surface area contributed by atoms with Gasteiger partial charge in [-0.3, -0.25) is 33.6 Å². The molecule has 0 unspecified atom stereocenters. The quantitative estimate of drug-likeness (QED) is 0.144. The van der Waals surface area contributed by atoms with Crippen molar-refractivity contribution < 1.29 is 60.6 Å². The molecule has 66 heavy (non-hydrogen) atoms. The van der Waals surface area contributed by atoms with Gasteiger partial charge in [0.25, 0.3) is 5.91 Å². The molecule has 364 valence electrons. The fourth-order valence-electron chi connectivity index (χ4n) is 8.57. The van der Waals surface area contributed by atoms with Gasteiger partial charge in [-0.2, -0.15) is 0 Å². The van der Waals surface area contributed by atoms with Gasteiger partial charge in [0.1, 0.15) is 46.8 Å². The predicted molar refractivity (Wildman–Crippen MR) is 237 cm³/mol. The van der Waals surface area contributed by atoms with E-state index >= 15 is 0 Å². The lowest BCUT2D eigenvalue weighted by Crippen LogP contribution is -2.59. The lowest BCUT2D eigenvalue weighted by atomic mass is 10.0. The van der Waals surface area contributed by atoms with Crippen LogP contribution in [0.2, 0.25) is 0 Å². The van der Waals surface area contributed by atoms with E-state index in [4.69, 9.17) is 14.2 Å². The summed E-state index contributed by atoms with van der Waals surface area (Å²) in [5.41, 5.74) is -2.45. The van der Waals surface area contributed by atoms with Gasteiger partial charge in [-0.15, -0.1) is 0 Å². The first kappa shape index (κ1) is 50.1. The van der Waals surface area contributed by atoms with Crippen molar-refractivity contribution in [3.05, 3.63) is 47.3 Å². The number of nitrogens with one attached hydrogen (secondary N) is 4. The Morgan fingerprint density at radius 2 is 1.64 bits per heavy atom. The van der Waals surface area contributed by atoms with Gasteiger partial charge in [-0.05, 0) is 98.1 Å². The van der Waals surface area contributed by atoms with Gasteiger partial charge in [0.05, 0.1) is 18.3 Å². The molecule has 0 radical (unpaired) electrons. The zero-order valence-electron chi connectivity index (χ0n) is 38.7. The number of carbonyl (C=O) groups is 7. The molecule has 1 aromatic carbocycles. The molecule has 3 aliphatic heterocycles. The van der Waals surface area contributed by atoms with Crippen molar-refractivity contribution in [2.45, 2.75) is 184 Å². The minimum atomic E-state index is -4.00. The predicted octanol–water partition coefficient (Wildman–Crippen LogP) is 4.53. The molecule has 5 aliphatic rings. The van der Waals surface area contributed by atoms with Gasteiger partial charge in [0.2, 0.25) is 27.7 Å². The molecular formula is C46H65FN6O12S. The number of hydrogen-bond acceptors (Lipinski definition) is 12. The van der Waals surface area contributed by atoms with Crippen molar-refractivity contribution in [2.24, 2.45) is 5.92 Å². The average molecular weight is 945 g/mol. The summed E-state index contributed by atoms with van der Waals surface area (Å²) in [4.78, 5) is 99.6. The number of rotatable bonds is 10. The van der Waals surface area contributed by atoms with Crippen molar-refractivity contribution in [3.8, 4) is 0 Å². The number of esters is 1. The number of nitrogens with zero attached hydrogens (tertiary/aromatic N) is 2. The number of carbonyl (C=O) groups excluding carboxylic acids is 7. The number of ether oxygens (including phenoxy) is 3. The molecule has 1 aromatic rings. The van der Waals surface area contributed by atoms with Crippen molar-refractivity contribution >= 4 is 51.8 Å². The molecule has 4 N–H and O–H groups in total. The summed E-state index contributed by atoms with van der Waals surface area (Å²) in [5, 5.41) is 7.38. The Morgan fingerprint density at radius 1 is 0.939 bits per heavy atom. The van der Waals surface area contributed by atoms with Crippen LogP contribution >= 0.6 is 0 Å². The largest absolute Gasteiger partial charge is 0.460 e. The fourth-order valence-corrected chi connectivity index (χ4v) is 9.94. The van der Waals surface area contributed by atoms with Crippen LogP contribution < -0.4 is 20.7 Å². The third-order valence-electron chi connectivity index (χ3n) is 12.2. The summed E-state index contributed by atoms with van der Waals surface area (Å²) in [5.74, 6) is -4.87. The van der Waals surface area contributed by atoms with E-state index in [0.29, 0.717) is 43.2 Å². The maximum Gasteiger partial charge on any atom is 0.410 e. The molecule has 0 spiro atoms. The van der Waals surface area contributed by atoms with Gasteiger partial charge in [-0.1, -0.05) is 50.0 Å². The number of halogens is 1. The van der Waals surface area contributed by atoms with Crippen LogP contribution in [-0.2, 0) is 61.3 Å². The SMILES string of the molecule is CC(C)(C)OC(=O)CC[C@@H](NC(=O)OC(C)(C)C)C(=O)N[C@H]1CCCCCCCC=C[C@@H]2C[C@@]2(C(=O)NS(=O)(=O)C2CC2)NC(=O)[C@@H]2C[C@@H](OC(=O)N3Cc4cccc(F)c4C3)CN2C1=O. The number of hydrogen-bond donors (Lipinski definition) is 4. The lowest BCUT2D eigenvalue weighted by Gasteiger charge is -2.31. The molecule has 3 fully saturated rings. The molecule has 18 nitrogen and oxygen atoms in total. The topological polar surface area (TPSA) is 236 Å². The number of sulfonamides is 1. The maximum absolute atomic E-state index is 14.9. The number of benzene rings is 1. The summed E-state index contributed by atoms with van der Waals surface area (Å²) >= 11 is 0. The Balaban J connectivity index is 1.28. The zero-order valence-corrected chi connectivity index (χ0v) is 39.6. The number of alkyl carbamates (subject to hydrolysis) is 1. The summed E-state index contributed by atoms with van der Waals surface area (Å²) < 4.78 is 59.5. The first-order chi connectivity index (χ1) is 30.9. The Bertz CT molecular complexity index is 2190. The highest BCUT2D eigenvalue weighted by Gasteiger charge is 2.62. The number of fused-ring (bicyclic) bond motifs is 3. The molecule has 0 bridgehead atoms. The van der Waals surface area contributed by atoms with E-state index < -0.39 is 110 Å². The summed E-state index contributed by atoms with van der Waals surface area (Å²) in [6, 6.07) is 0.525. The summed E-state index contributed by atoms with van der Waals surface area (Å²) in [7, 11) is -4.00. The number of amides is 6. The Morgan fingerprint density at radius 3 is 2.32 bits per heavy atom. The summed E-state index contributed by atoms with van der Waals surface area (Å²) in [6.07, 6.45) is 5.49. The summed E-state index contributed by atoms with van der Waals surface area (Å²) in [6.45, 7) is 9.70. The Kier molecular flexibility index (Phi) is 15.4. The molecule has 0 aromatic heterocycles. The second kappa shape index (κ2) is 20.3. The van der Waals surface area contributed by atoms with Crippen LogP contribution in [-0.4, -0.2) is 113 Å².